The quantitative estimate of drug-likeness (QED) is 0.168. The van der Waals surface area contributed by atoms with E-state index in [9.17, 15) is 18.3 Å². The second-order valence-electron chi connectivity index (χ2n) is 13.3. The molecule has 8 nitrogen and oxygen atoms in total. The molecule has 4 aromatic rings. The van der Waals surface area contributed by atoms with E-state index in [4.69, 9.17) is 14.2 Å². The Labute approximate surface area is 289 Å². The van der Waals surface area contributed by atoms with Crippen LogP contribution in [-0.2, 0) is 19.6 Å². The summed E-state index contributed by atoms with van der Waals surface area (Å²) in [4.78, 5) is 11.7. The molecule has 0 amide bonds. The molecule has 1 N–H and O–H groups in total. The SMILES string of the molecule is C=C(C)[C@@H]1C[C@H]2CN(S(=O)(=O)c3ccc(-c4ccccc4)cc3)CC[C@H]2O[C@H]1c1cc(Oc2cc(C)cc(C)c2C)ccc1OCC(=O)O. The fraction of sp³-hybridized carbons (Fsp3) is 0.325. The van der Waals surface area contributed by atoms with Crippen molar-refractivity contribution in [3.05, 3.63) is 119 Å². The number of carboxylic acid groups (broad SMARTS) is 1. The summed E-state index contributed by atoms with van der Waals surface area (Å²) < 4.78 is 48.2. The van der Waals surface area contributed by atoms with E-state index in [1.165, 1.54) is 0 Å². The molecule has 2 heterocycles. The minimum absolute atomic E-state index is 0.0502. The van der Waals surface area contributed by atoms with Gasteiger partial charge in [0, 0.05) is 24.6 Å². The summed E-state index contributed by atoms with van der Waals surface area (Å²) in [5.74, 6) is 0.426. The van der Waals surface area contributed by atoms with Crippen molar-refractivity contribution in [1.82, 2.24) is 4.31 Å². The van der Waals surface area contributed by atoms with Gasteiger partial charge in [-0.3, -0.25) is 0 Å². The fourth-order valence-electron chi connectivity index (χ4n) is 7.00. The summed E-state index contributed by atoms with van der Waals surface area (Å²) in [6.07, 6.45) is 0.490. The number of ether oxygens (including phenoxy) is 3. The van der Waals surface area contributed by atoms with Gasteiger partial charge < -0.3 is 19.3 Å². The smallest absolute Gasteiger partial charge is 0.341 e. The third-order valence-electron chi connectivity index (χ3n) is 9.73. The van der Waals surface area contributed by atoms with E-state index in [2.05, 4.69) is 12.6 Å². The van der Waals surface area contributed by atoms with Crippen LogP contribution in [0.2, 0.25) is 0 Å². The lowest BCUT2D eigenvalue weighted by molar-refractivity contribution is -0.139. The van der Waals surface area contributed by atoms with Crippen LogP contribution in [-0.4, -0.2) is 49.6 Å². The molecule has 0 aromatic heterocycles. The van der Waals surface area contributed by atoms with Crippen LogP contribution >= 0.6 is 0 Å². The Morgan fingerprint density at radius 3 is 2.37 bits per heavy atom. The number of aliphatic carboxylic acids is 1. The van der Waals surface area contributed by atoms with Gasteiger partial charge in [-0.05, 0) is 111 Å². The molecule has 0 saturated carbocycles. The largest absolute Gasteiger partial charge is 0.482 e. The van der Waals surface area contributed by atoms with Crippen LogP contribution in [0.3, 0.4) is 0 Å². The number of hydrogen-bond donors (Lipinski definition) is 1. The zero-order valence-electron chi connectivity index (χ0n) is 28.4. The van der Waals surface area contributed by atoms with Crippen LogP contribution in [0.15, 0.2) is 102 Å². The van der Waals surface area contributed by atoms with Gasteiger partial charge in [-0.2, -0.15) is 4.31 Å². The highest BCUT2D eigenvalue weighted by Gasteiger charge is 2.45. The molecule has 9 heteroatoms. The Kier molecular flexibility index (Phi) is 9.97. The second kappa shape index (κ2) is 14.2. The number of piperidine rings is 1. The van der Waals surface area contributed by atoms with Gasteiger partial charge in [-0.25, -0.2) is 13.2 Å². The van der Waals surface area contributed by atoms with E-state index in [0.29, 0.717) is 43.0 Å². The maximum atomic E-state index is 13.8. The van der Waals surface area contributed by atoms with E-state index in [0.717, 1.165) is 39.1 Å². The predicted octanol–water partition coefficient (Wildman–Crippen LogP) is 8.27. The standard InChI is InChI=1S/C40H43NO7S/c1-25(2)34-21-31-23-41(49(44,45)33-14-11-30(12-15-33)29-9-7-6-8-10-29)18-17-36(31)48-40(34)35-22-32(13-16-37(35)46-24-39(42)43)47-38-20-26(3)19-27(4)28(38)5/h6-16,19-20,22,31,34,36,40H,1,17-18,21,23-24H2,2-5H3,(H,42,43)/t31-,34-,36+,40+/m0/s1. The van der Waals surface area contributed by atoms with Crippen LogP contribution in [0.25, 0.3) is 11.1 Å². The summed E-state index contributed by atoms with van der Waals surface area (Å²) in [6, 6.07) is 26.4. The maximum Gasteiger partial charge on any atom is 0.341 e. The molecule has 0 radical (unpaired) electrons. The summed E-state index contributed by atoms with van der Waals surface area (Å²) in [7, 11) is -3.72. The molecule has 2 fully saturated rings. The van der Waals surface area contributed by atoms with E-state index in [1.807, 2.05) is 82.3 Å². The van der Waals surface area contributed by atoms with Crippen LogP contribution < -0.4 is 9.47 Å². The van der Waals surface area contributed by atoms with Gasteiger partial charge >= 0.3 is 5.97 Å². The zero-order chi connectivity index (χ0) is 34.9. The van der Waals surface area contributed by atoms with Crippen molar-refractivity contribution in [2.45, 2.75) is 57.6 Å². The molecule has 0 bridgehead atoms. The minimum Gasteiger partial charge on any atom is -0.482 e. The van der Waals surface area contributed by atoms with Crippen LogP contribution in [0, 0.1) is 32.6 Å². The molecule has 2 aliphatic rings. The highest BCUT2D eigenvalue weighted by molar-refractivity contribution is 7.89. The zero-order valence-corrected chi connectivity index (χ0v) is 29.2. The third-order valence-corrected chi connectivity index (χ3v) is 11.6. The van der Waals surface area contributed by atoms with Crippen molar-refractivity contribution in [3.63, 3.8) is 0 Å². The number of aryl methyl sites for hydroxylation is 2. The molecule has 4 atom stereocenters. The molecule has 256 valence electrons. The average molecular weight is 682 g/mol. The molecule has 0 unspecified atom stereocenters. The number of nitrogens with zero attached hydrogens (tertiary/aromatic N) is 1. The number of carbonyl (C=O) groups is 1. The highest BCUT2D eigenvalue weighted by atomic mass is 32.2. The number of carboxylic acids is 1. The predicted molar refractivity (Wildman–Crippen MR) is 190 cm³/mol. The lowest BCUT2D eigenvalue weighted by atomic mass is 9.76. The van der Waals surface area contributed by atoms with Crippen molar-refractivity contribution in [3.8, 4) is 28.4 Å². The fourth-order valence-corrected chi connectivity index (χ4v) is 8.51. The molecule has 0 spiro atoms. The van der Waals surface area contributed by atoms with Gasteiger partial charge in [0.15, 0.2) is 6.61 Å². The Balaban J connectivity index is 1.25. The Morgan fingerprint density at radius 2 is 1.67 bits per heavy atom. The molecule has 6 rings (SSSR count). The van der Waals surface area contributed by atoms with Crippen LogP contribution in [0.4, 0.5) is 0 Å². The van der Waals surface area contributed by atoms with Crippen molar-refractivity contribution in [2.24, 2.45) is 11.8 Å². The first-order chi connectivity index (χ1) is 23.4. The topological polar surface area (TPSA) is 102 Å². The van der Waals surface area contributed by atoms with E-state index >= 15 is 0 Å². The van der Waals surface area contributed by atoms with Crippen molar-refractivity contribution in [1.29, 1.82) is 0 Å². The van der Waals surface area contributed by atoms with Gasteiger partial charge in [0.25, 0.3) is 0 Å². The highest BCUT2D eigenvalue weighted by Crippen LogP contribution is 2.48. The lowest BCUT2D eigenvalue weighted by Gasteiger charge is -2.47. The first-order valence-electron chi connectivity index (χ1n) is 16.6. The number of hydrogen-bond acceptors (Lipinski definition) is 6. The molecule has 4 aromatic carbocycles. The minimum atomic E-state index is -3.72. The number of rotatable bonds is 10. The van der Waals surface area contributed by atoms with Gasteiger partial charge in [0.2, 0.25) is 10.0 Å². The maximum absolute atomic E-state index is 13.8. The molecule has 2 saturated heterocycles. The monoisotopic (exact) mass is 681 g/mol. The Hall–Kier alpha value is -4.44. The number of benzene rings is 4. The van der Waals surface area contributed by atoms with Gasteiger partial charge in [-0.15, -0.1) is 0 Å². The molecule has 49 heavy (non-hydrogen) atoms. The molecular weight excluding hydrogens is 639 g/mol. The lowest BCUT2D eigenvalue weighted by Crippen LogP contribution is -2.50. The van der Waals surface area contributed by atoms with Crippen LogP contribution in [0.5, 0.6) is 17.2 Å². The first-order valence-corrected chi connectivity index (χ1v) is 18.1. The summed E-state index contributed by atoms with van der Waals surface area (Å²) >= 11 is 0. The van der Waals surface area contributed by atoms with Crippen molar-refractivity contribution in [2.75, 3.05) is 19.7 Å². The van der Waals surface area contributed by atoms with Crippen LogP contribution in [0.1, 0.15) is 48.1 Å². The third kappa shape index (κ3) is 7.44. The molecule has 0 aliphatic carbocycles. The van der Waals surface area contributed by atoms with E-state index in [1.54, 1.807) is 28.6 Å². The van der Waals surface area contributed by atoms with Crippen molar-refractivity contribution >= 4 is 16.0 Å². The number of fused-ring (bicyclic) bond motifs is 1. The Morgan fingerprint density at radius 1 is 0.959 bits per heavy atom. The normalized spacial score (nSPS) is 21.1. The number of sulfonamides is 1. The van der Waals surface area contributed by atoms with Gasteiger partial charge in [0.05, 0.1) is 17.1 Å². The van der Waals surface area contributed by atoms with E-state index in [-0.39, 0.29) is 22.8 Å². The van der Waals surface area contributed by atoms with Crippen molar-refractivity contribution < 1.29 is 32.5 Å². The summed E-state index contributed by atoms with van der Waals surface area (Å²) in [6.45, 7) is 12.5. The summed E-state index contributed by atoms with van der Waals surface area (Å²) in [5.41, 5.74) is 6.80. The Bertz CT molecular complexity index is 1960. The average Bonchev–Trinajstić information content (AvgIpc) is 3.09. The van der Waals surface area contributed by atoms with E-state index < -0.39 is 28.7 Å². The first kappa shape index (κ1) is 34.4. The second-order valence-corrected chi connectivity index (χ2v) is 15.2. The van der Waals surface area contributed by atoms with Gasteiger partial charge in [-0.1, -0.05) is 60.7 Å². The molecule has 2 aliphatic heterocycles. The molecular formula is C40H43NO7S. The summed E-state index contributed by atoms with van der Waals surface area (Å²) in [5, 5.41) is 9.39. The van der Waals surface area contributed by atoms with Gasteiger partial charge in [0.1, 0.15) is 17.2 Å².